The molecule has 2 N–H and O–H groups in total. The maximum atomic E-state index is 12.7. The van der Waals surface area contributed by atoms with Crippen LogP contribution in [0.3, 0.4) is 0 Å². The summed E-state index contributed by atoms with van der Waals surface area (Å²) in [7, 11) is 0. The average Bonchev–Trinajstić information content (AvgIpc) is 2.55. The fourth-order valence-electron chi connectivity index (χ4n) is 3.30. The summed E-state index contributed by atoms with van der Waals surface area (Å²) in [6, 6.07) is 16.3. The zero-order chi connectivity index (χ0) is 15.5. The summed E-state index contributed by atoms with van der Waals surface area (Å²) in [6.07, 6.45) is 2.34. The molecule has 1 aliphatic heterocycles. The monoisotopic (exact) mass is 294 g/mol. The third kappa shape index (κ3) is 2.84. The normalized spacial score (nSPS) is 17.1. The van der Waals surface area contributed by atoms with Crippen molar-refractivity contribution in [1.29, 1.82) is 0 Å². The molecule has 0 aromatic heterocycles. The molecule has 3 nitrogen and oxygen atoms in total. The van der Waals surface area contributed by atoms with Crippen molar-refractivity contribution in [3.63, 3.8) is 0 Å². The van der Waals surface area contributed by atoms with Crippen LogP contribution in [0.15, 0.2) is 48.5 Å². The van der Waals surface area contributed by atoms with Crippen molar-refractivity contribution in [1.82, 2.24) is 4.90 Å². The standard InChI is InChI=1S/C19H22N2O/c1-2-18-17-6-4-3-5-15(17)11-12-21(18)19(22)13-14-7-9-16(20)10-8-14/h3-10,18H,2,11-13,20H2,1H3/t18-/m0/s1. The van der Waals surface area contributed by atoms with E-state index in [1.54, 1.807) is 0 Å². The molecule has 0 radical (unpaired) electrons. The zero-order valence-corrected chi connectivity index (χ0v) is 13.0. The predicted octanol–water partition coefficient (Wildman–Crippen LogP) is 3.35. The first kappa shape index (κ1) is 14.6. The number of amides is 1. The highest BCUT2D eigenvalue weighted by Gasteiger charge is 2.28. The zero-order valence-electron chi connectivity index (χ0n) is 13.0. The summed E-state index contributed by atoms with van der Waals surface area (Å²) in [4.78, 5) is 14.8. The highest BCUT2D eigenvalue weighted by molar-refractivity contribution is 5.79. The highest BCUT2D eigenvalue weighted by Crippen LogP contribution is 2.32. The Labute approximate surface area is 131 Å². The third-order valence-corrected chi connectivity index (χ3v) is 4.45. The van der Waals surface area contributed by atoms with E-state index >= 15 is 0 Å². The Morgan fingerprint density at radius 2 is 1.91 bits per heavy atom. The van der Waals surface area contributed by atoms with Crippen molar-refractivity contribution in [2.45, 2.75) is 32.2 Å². The van der Waals surface area contributed by atoms with E-state index in [9.17, 15) is 4.79 Å². The molecular weight excluding hydrogens is 272 g/mol. The molecule has 1 amide bonds. The van der Waals surface area contributed by atoms with E-state index in [1.165, 1.54) is 11.1 Å². The molecule has 0 aliphatic carbocycles. The van der Waals surface area contributed by atoms with Gasteiger partial charge in [-0.1, -0.05) is 43.3 Å². The van der Waals surface area contributed by atoms with Gasteiger partial charge in [-0.05, 0) is 41.7 Å². The molecule has 0 saturated heterocycles. The number of hydrogen-bond donors (Lipinski definition) is 1. The van der Waals surface area contributed by atoms with E-state index in [-0.39, 0.29) is 11.9 Å². The van der Waals surface area contributed by atoms with Crippen molar-refractivity contribution >= 4 is 11.6 Å². The van der Waals surface area contributed by atoms with Gasteiger partial charge in [0.15, 0.2) is 0 Å². The first-order valence-corrected chi connectivity index (χ1v) is 7.90. The smallest absolute Gasteiger partial charge is 0.227 e. The van der Waals surface area contributed by atoms with E-state index in [1.807, 2.05) is 29.2 Å². The molecule has 114 valence electrons. The number of nitrogen functional groups attached to an aromatic ring is 1. The van der Waals surface area contributed by atoms with Crippen LogP contribution in [0.1, 0.15) is 36.1 Å². The molecule has 1 heterocycles. The molecule has 22 heavy (non-hydrogen) atoms. The van der Waals surface area contributed by atoms with Gasteiger partial charge in [0.1, 0.15) is 0 Å². The molecule has 1 atom stereocenters. The van der Waals surface area contributed by atoms with Gasteiger partial charge in [0.25, 0.3) is 0 Å². The lowest BCUT2D eigenvalue weighted by atomic mass is 9.90. The number of carbonyl (C=O) groups is 1. The Balaban J connectivity index is 1.79. The molecule has 2 aromatic rings. The summed E-state index contributed by atoms with van der Waals surface area (Å²) in [5, 5.41) is 0. The molecule has 0 unspecified atom stereocenters. The third-order valence-electron chi connectivity index (χ3n) is 4.45. The van der Waals surface area contributed by atoms with Crippen LogP contribution in [0, 0.1) is 0 Å². The molecule has 3 rings (SSSR count). The summed E-state index contributed by atoms with van der Waals surface area (Å²) in [5.74, 6) is 0.200. The summed E-state index contributed by atoms with van der Waals surface area (Å²) < 4.78 is 0. The molecule has 3 heteroatoms. The molecule has 2 aromatic carbocycles. The maximum absolute atomic E-state index is 12.7. The van der Waals surface area contributed by atoms with Crippen LogP contribution in [0.25, 0.3) is 0 Å². The number of benzene rings is 2. The molecule has 0 saturated carbocycles. The first-order valence-electron chi connectivity index (χ1n) is 7.90. The van der Waals surface area contributed by atoms with Crippen LogP contribution in [-0.4, -0.2) is 17.4 Å². The molecule has 0 fully saturated rings. The van der Waals surface area contributed by atoms with E-state index in [4.69, 9.17) is 5.73 Å². The first-order chi connectivity index (χ1) is 10.7. The number of nitrogens with zero attached hydrogens (tertiary/aromatic N) is 1. The number of anilines is 1. The van der Waals surface area contributed by atoms with Gasteiger partial charge in [-0.15, -0.1) is 0 Å². The molecule has 0 spiro atoms. The lowest BCUT2D eigenvalue weighted by Crippen LogP contribution is -2.40. The SMILES string of the molecule is CC[C@H]1c2ccccc2CCN1C(=O)Cc1ccc(N)cc1. The summed E-state index contributed by atoms with van der Waals surface area (Å²) in [6.45, 7) is 2.96. The fraction of sp³-hybridized carbons (Fsp3) is 0.316. The number of nitrogens with two attached hydrogens (primary N) is 1. The minimum atomic E-state index is 0.200. The summed E-state index contributed by atoms with van der Waals surface area (Å²) >= 11 is 0. The Morgan fingerprint density at radius 1 is 1.18 bits per heavy atom. The van der Waals surface area contributed by atoms with Gasteiger partial charge in [-0.25, -0.2) is 0 Å². The van der Waals surface area contributed by atoms with Crippen LogP contribution >= 0.6 is 0 Å². The Bertz CT molecular complexity index is 663. The number of hydrogen-bond acceptors (Lipinski definition) is 2. The summed E-state index contributed by atoms with van der Waals surface area (Å²) in [5.41, 5.74) is 10.1. The largest absolute Gasteiger partial charge is 0.399 e. The average molecular weight is 294 g/mol. The topological polar surface area (TPSA) is 46.3 Å². The van der Waals surface area contributed by atoms with E-state index < -0.39 is 0 Å². The van der Waals surface area contributed by atoms with Gasteiger partial charge in [0, 0.05) is 12.2 Å². The van der Waals surface area contributed by atoms with Gasteiger partial charge in [0.05, 0.1) is 12.5 Å². The molecule has 1 aliphatic rings. The van der Waals surface area contributed by atoms with Crippen LogP contribution in [0.4, 0.5) is 5.69 Å². The van der Waals surface area contributed by atoms with Crippen molar-refractivity contribution in [2.24, 2.45) is 0 Å². The second-order valence-electron chi connectivity index (χ2n) is 5.88. The lowest BCUT2D eigenvalue weighted by molar-refractivity contribution is -0.133. The van der Waals surface area contributed by atoms with Crippen LogP contribution < -0.4 is 5.73 Å². The molecular formula is C19H22N2O. The van der Waals surface area contributed by atoms with Crippen molar-refractivity contribution in [3.05, 3.63) is 65.2 Å². The minimum absolute atomic E-state index is 0.200. The maximum Gasteiger partial charge on any atom is 0.227 e. The van der Waals surface area contributed by atoms with Crippen molar-refractivity contribution in [3.8, 4) is 0 Å². The highest BCUT2D eigenvalue weighted by atomic mass is 16.2. The van der Waals surface area contributed by atoms with Crippen LogP contribution in [-0.2, 0) is 17.6 Å². The number of carbonyl (C=O) groups excluding carboxylic acids is 1. The van der Waals surface area contributed by atoms with Crippen molar-refractivity contribution in [2.75, 3.05) is 12.3 Å². The Hall–Kier alpha value is -2.29. The van der Waals surface area contributed by atoms with Gasteiger partial charge in [-0.2, -0.15) is 0 Å². The predicted molar refractivity (Wildman–Crippen MR) is 89.4 cm³/mol. The Morgan fingerprint density at radius 3 is 2.64 bits per heavy atom. The molecule has 0 bridgehead atoms. The van der Waals surface area contributed by atoms with Crippen LogP contribution in [0.2, 0.25) is 0 Å². The lowest BCUT2D eigenvalue weighted by Gasteiger charge is -2.37. The fourth-order valence-corrected chi connectivity index (χ4v) is 3.30. The number of rotatable bonds is 3. The minimum Gasteiger partial charge on any atom is -0.399 e. The van der Waals surface area contributed by atoms with Gasteiger partial charge < -0.3 is 10.6 Å². The Kier molecular flexibility index (Phi) is 4.14. The second-order valence-corrected chi connectivity index (χ2v) is 5.88. The van der Waals surface area contributed by atoms with E-state index in [0.29, 0.717) is 6.42 Å². The van der Waals surface area contributed by atoms with E-state index in [2.05, 4.69) is 31.2 Å². The van der Waals surface area contributed by atoms with Gasteiger partial charge in [-0.3, -0.25) is 4.79 Å². The van der Waals surface area contributed by atoms with Crippen molar-refractivity contribution < 1.29 is 4.79 Å². The van der Waals surface area contributed by atoms with E-state index in [0.717, 1.165) is 30.6 Å². The number of fused-ring (bicyclic) bond motifs is 1. The quantitative estimate of drug-likeness (QED) is 0.882. The second kappa shape index (κ2) is 6.22. The van der Waals surface area contributed by atoms with Crippen LogP contribution in [0.5, 0.6) is 0 Å². The van der Waals surface area contributed by atoms with Gasteiger partial charge >= 0.3 is 0 Å². The van der Waals surface area contributed by atoms with Gasteiger partial charge in [0.2, 0.25) is 5.91 Å².